The molecule has 0 bridgehead atoms. The number of carboxylic acid groups (broad SMARTS) is 1. The Morgan fingerprint density at radius 3 is 2.86 bits per heavy atom. The van der Waals surface area contributed by atoms with E-state index in [1.165, 1.54) is 7.11 Å². The van der Waals surface area contributed by atoms with Gasteiger partial charge in [-0.2, -0.15) is 0 Å². The second kappa shape index (κ2) is 5.90. The lowest BCUT2D eigenvalue weighted by molar-refractivity contribution is -0.139. The van der Waals surface area contributed by atoms with Gasteiger partial charge in [0.25, 0.3) is 5.89 Å². The summed E-state index contributed by atoms with van der Waals surface area (Å²) in [7, 11) is 1.51. The molecule has 7 nitrogen and oxygen atoms in total. The number of nitrogens with zero attached hydrogens (tertiary/aromatic N) is 3. The fourth-order valence-electron chi connectivity index (χ4n) is 2.03. The van der Waals surface area contributed by atoms with Gasteiger partial charge in [0.1, 0.15) is 5.56 Å². The first-order chi connectivity index (χ1) is 9.91. The summed E-state index contributed by atoms with van der Waals surface area (Å²) in [5, 5.41) is 16.8. The van der Waals surface area contributed by atoms with Gasteiger partial charge in [-0.1, -0.05) is 13.8 Å². The molecular formula is C14H17N3O4. The molecule has 0 atom stereocenters. The number of hydrogen-bond donors (Lipinski definition) is 1. The van der Waals surface area contributed by atoms with Gasteiger partial charge >= 0.3 is 5.97 Å². The highest BCUT2D eigenvalue weighted by Gasteiger charge is 2.25. The lowest BCUT2D eigenvalue weighted by Gasteiger charge is -2.19. The monoisotopic (exact) mass is 291 g/mol. The molecule has 0 fully saturated rings. The van der Waals surface area contributed by atoms with Crippen LogP contribution in [0.15, 0.2) is 22.7 Å². The third-order valence-electron chi connectivity index (χ3n) is 2.92. The average molecular weight is 291 g/mol. The first-order valence-electron chi connectivity index (χ1n) is 6.45. The number of hydrogen-bond acceptors (Lipinski definition) is 6. The summed E-state index contributed by atoms with van der Waals surface area (Å²) in [6, 6.07) is 3.52. The maximum Gasteiger partial charge on any atom is 0.303 e. The lowest BCUT2D eigenvalue weighted by Crippen LogP contribution is -2.19. The molecular weight excluding hydrogens is 274 g/mol. The van der Waals surface area contributed by atoms with Gasteiger partial charge in [0.15, 0.2) is 0 Å². The van der Waals surface area contributed by atoms with Crippen molar-refractivity contribution in [1.82, 2.24) is 15.2 Å². The topological polar surface area (TPSA) is 98.3 Å². The zero-order valence-electron chi connectivity index (χ0n) is 12.2. The second-order valence-electron chi connectivity index (χ2n) is 5.47. The van der Waals surface area contributed by atoms with E-state index < -0.39 is 11.4 Å². The molecule has 7 heteroatoms. The summed E-state index contributed by atoms with van der Waals surface area (Å²) in [5.41, 5.74) is 0.143. The normalized spacial score (nSPS) is 11.4. The third kappa shape index (κ3) is 3.77. The van der Waals surface area contributed by atoms with Gasteiger partial charge < -0.3 is 14.3 Å². The number of pyridine rings is 1. The molecule has 2 aromatic heterocycles. The Balaban J connectivity index is 2.20. The van der Waals surface area contributed by atoms with Crippen LogP contribution in [-0.4, -0.2) is 33.4 Å². The van der Waals surface area contributed by atoms with E-state index in [-0.39, 0.29) is 6.42 Å². The number of aliphatic carboxylic acids is 1. The van der Waals surface area contributed by atoms with Crippen LogP contribution in [0.4, 0.5) is 0 Å². The van der Waals surface area contributed by atoms with Gasteiger partial charge in [-0.3, -0.25) is 4.79 Å². The van der Waals surface area contributed by atoms with Crippen molar-refractivity contribution in [2.24, 2.45) is 5.41 Å². The quantitative estimate of drug-likeness (QED) is 0.870. The molecule has 0 unspecified atom stereocenters. The van der Waals surface area contributed by atoms with Crippen LogP contribution in [0, 0.1) is 5.41 Å². The fraction of sp³-hybridized carbons (Fsp3) is 0.429. The van der Waals surface area contributed by atoms with E-state index in [9.17, 15) is 4.79 Å². The fourth-order valence-corrected chi connectivity index (χ4v) is 2.03. The van der Waals surface area contributed by atoms with E-state index in [1.54, 1.807) is 18.3 Å². The lowest BCUT2D eigenvalue weighted by atomic mass is 9.86. The van der Waals surface area contributed by atoms with Crippen molar-refractivity contribution < 1.29 is 19.1 Å². The van der Waals surface area contributed by atoms with Crippen LogP contribution < -0.4 is 4.74 Å². The Morgan fingerprint density at radius 2 is 2.19 bits per heavy atom. The van der Waals surface area contributed by atoms with Gasteiger partial charge in [0, 0.05) is 12.6 Å². The predicted octanol–water partition coefficient (Wildman–Crippen LogP) is 2.18. The number of ether oxygens (including phenoxy) is 1. The first kappa shape index (κ1) is 15.0. The van der Waals surface area contributed by atoms with E-state index in [2.05, 4.69) is 15.2 Å². The van der Waals surface area contributed by atoms with Gasteiger partial charge in [0.2, 0.25) is 11.8 Å². The van der Waals surface area contributed by atoms with Crippen molar-refractivity contribution in [2.75, 3.05) is 7.11 Å². The summed E-state index contributed by atoms with van der Waals surface area (Å²) in [4.78, 5) is 14.9. The van der Waals surface area contributed by atoms with Crippen LogP contribution in [0.3, 0.4) is 0 Å². The highest BCUT2D eigenvalue weighted by molar-refractivity contribution is 5.67. The minimum absolute atomic E-state index is 0.0287. The summed E-state index contributed by atoms with van der Waals surface area (Å²) >= 11 is 0. The molecule has 0 saturated carbocycles. The summed E-state index contributed by atoms with van der Waals surface area (Å²) in [6.07, 6.45) is 2.02. The molecule has 2 aromatic rings. The van der Waals surface area contributed by atoms with Crippen LogP contribution in [-0.2, 0) is 11.2 Å². The molecule has 0 spiro atoms. The van der Waals surface area contributed by atoms with Crippen molar-refractivity contribution >= 4 is 5.97 Å². The molecule has 2 rings (SSSR count). The van der Waals surface area contributed by atoms with Crippen LogP contribution >= 0.6 is 0 Å². The molecule has 0 saturated heterocycles. The number of carboxylic acids is 1. The number of methoxy groups -OCH3 is 1. The van der Waals surface area contributed by atoms with Gasteiger partial charge in [-0.25, -0.2) is 4.98 Å². The van der Waals surface area contributed by atoms with Gasteiger partial charge in [-0.15, -0.1) is 10.2 Å². The van der Waals surface area contributed by atoms with Gasteiger partial charge in [0.05, 0.1) is 13.5 Å². The summed E-state index contributed by atoms with van der Waals surface area (Å²) < 4.78 is 10.7. The zero-order valence-corrected chi connectivity index (χ0v) is 12.2. The Bertz CT molecular complexity index is 637. The third-order valence-corrected chi connectivity index (χ3v) is 2.92. The minimum atomic E-state index is -0.853. The Kier molecular flexibility index (Phi) is 4.21. The second-order valence-corrected chi connectivity index (χ2v) is 5.47. The van der Waals surface area contributed by atoms with E-state index >= 15 is 0 Å². The highest BCUT2D eigenvalue weighted by Crippen LogP contribution is 2.29. The zero-order chi connectivity index (χ0) is 15.5. The molecule has 0 aliphatic rings. The van der Waals surface area contributed by atoms with Gasteiger partial charge in [-0.05, 0) is 17.5 Å². The maximum absolute atomic E-state index is 10.8. The van der Waals surface area contributed by atoms with Crippen LogP contribution in [0.1, 0.15) is 26.2 Å². The molecule has 0 radical (unpaired) electrons. The smallest absolute Gasteiger partial charge is 0.303 e. The molecule has 0 aliphatic heterocycles. The van der Waals surface area contributed by atoms with Crippen molar-refractivity contribution in [3.8, 4) is 17.3 Å². The van der Waals surface area contributed by atoms with Crippen molar-refractivity contribution in [3.63, 3.8) is 0 Å². The SMILES string of the molecule is COc1ncccc1-c1nnc(CC(C)(C)CC(=O)O)o1. The first-order valence-corrected chi connectivity index (χ1v) is 6.45. The Hall–Kier alpha value is -2.44. The Morgan fingerprint density at radius 1 is 1.43 bits per heavy atom. The van der Waals surface area contributed by atoms with Crippen LogP contribution in [0.25, 0.3) is 11.5 Å². The van der Waals surface area contributed by atoms with E-state index in [0.29, 0.717) is 29.6 Å². The van der Waals surface area contributed by atoms with E-state index in [0.717, 1.165) is 0 Å². The molecule has 1 N–H and O–H groups in total. The van der Waals surface area contributed by atoms with Crippen LogP contribution in [0.5, 0.6) is 5.88 Å². The largest absolute Gasteiger partial charge is 0.481 e. The number of carbonyl (C=O) groups is 1. The van der Waals surface area contributed by atoms with Crippen molar-refractivity contribution in [2.45, 2.75) is 26.7 Å². The standard InChI is InChI=1S/C14H17N3O4/c1-14(2,8-11(18)19)7-10-16-17-13(21-10)9-5-4-6-15-12(9)20-3/h4-6H,7-8H2,1-3H3,(H,18,19). The van der Waals surface area contributed by atoms with E-state index in [4.69, 9.17) is 14.3 Å². The molecule has 112 valence electrons. The molecule has 2 heterocycles. The molecule has 0 aliphatic carbocycles. The van der Waals surface area contributed by atoms with Crippen LogP contribution in [0.2, 0.25) is 0 Å². The number of rotatable bonds is 6. The van der Waals surface area contributed by atoms with Crippen molar-refractivity contribution in [3.05, 3.63) is 24.2 Å². The molecule has 21 heavy (non-hydrogen) atoms. The molecule has 0 aromatic carbocycles. The summed E-state index contributed by atoms with van der Waals surface area (Å²) in [5.74, 6) is 0.245. The molecule has 0 amide bonds. The number of aromatic nitrogens is 3. The van der Waals surface area contributed by atoms with Crippen molar-refractivity contribution in [1.29, 1.82) is 0 Å². The minimum Gasteiger partial charge on any atom is -0.481 e. The average Bonchev–Trinajstić information content (AvgIpc) is 2.84. The van der Waals surface area contributed by atoms with E-state index in [1.807, 2.05) is 13.8 Å². The maximum atomic E-state index is 10.8. The Labute approximate surface area is 122 Å². The predicted molar refractivity (Wildman–Crippen MR) is 73.8 cm³/mol. The highest BCUT2D eigenvalue weighted by atomic mass is 16.5. The summed E-state index contributed by atoms with van der Waals surface area (Å²) in [6.45, 7) is 3.69.